The topological polar surface area (TPSA) is 162 Å². The van der Waals surface area contributed by atoms with Gasteiger partial charge in [0, 0.05) is 23.6 Å². The molecular formula is C36H82N2O5S. The van der Waals surface area contributed by atoms with Crippen molar-refractivity contribution >= 4 is 10.4 Å². The zero-order valence-electron chi connectivity index (χ0n) is 30.5. The first-order chi connectivity index (χ1) is 20.4. The van der Waals surface area contributed by atoms with Crippen molar-refractivity contribution in [3.05, 3.63) is 0 Å². The van der Waals surface area contributed by atoms with Crippen LogP contribution in [0.4, 0.5) is 0 Å². The fourth-order valence-corrected chi connectivity index (χ4v) is 5.61. The molecule has 44 heavy (non-hydrogen) atoms. The van der Waals surface area contributed by atoms with E-state index < -0.39 is 10.4 Å². The van der Waals surface area contributed by atoms with Gasteiger partial charge in [0.05, 0.1) is 0 Å². The molecule has 0 aromatic rings. The second kappa shape index (κ2) is 44.9. The number of rotatable bonds is 34. The van der Waals surface area contributed by atoms with Gasteiger partial charge in [0.2, 0.25) is 0 Å². The normalized spacial score (nSPS) is 11.0. The van der Waals surface area contributed by atoms with Crippen molar-refractivity contribution in [2.24, 2.45) is 0 Å². The van der Waals surface area contributed by atoms with Crippen LogP contribution in [0.25, 0.3) is 0 Å². The Kier molecular flexibility index (Phi) is 51.6. The highest BCUT2D eigenvalue weighted by molar-refractivity contribution is 7.79. The minimum Gasteiger partial charge on any atom is -0.759 e. The molecule has 0 amide bonds. The molecule has 0 bridgehead atoms. The zero-order valence-corrected chi connectivity index (χ0v) is 31.3. The van der Waals surface area contributed by atoms with Crippen LogP contribution in [0.3, 0.4) is 0 Å². The average molecular weight is 655 g/mol. The minimum atomic E-state index is -5.17. The van der Waals surface area contributed by atoms with Crippen LogP contribution in [0.5, 0.6) is 0 Å². The lowest BCUT2D eigenvalue weighted by atomic mass is 10.0. The predicted octanol–water partition coefficient (Wildman–Crippen LogP) is 12.9. The van der Waals surface area contributed by atoms with Gasteiger partial charge < -0.3 is 26.1 Å². The second-order valence-corrected chi connectivity index (χ2v) is 13.4. The summed E-state index contributed by atoms with van der Waals surface area (Å²) in [6.07, 6.45) is 46.0. The summed E-state index contributed by atoms with van der Waals surface area (Å²) in [5, 5.41) is 0. The summed E-state index contributed by atoms with van der Waals surface area (Å²) in [6.45, 7) is 6.60. The molecule has 0 heterocycles. The Morgan fingerprint density at radius 2 is 0.477 bits per heavy atom. The summed E-state index contributed by atoms with van der Waals surface area (Å²) >= 11 is 0. The minimum absolute atomic E-state index is 0. The summed E-state index contributed by atoms with van der Waals surface area (Å²) < 4.78 is 40.0. The lowest BCUT2D eigenvalue weighted by Gasteiger charge is -2.06. The smallest absolute Gasteiger partial charge is 0.0466 e. The van der Waals surface area contributed by atoms with E-state index in [1.807, 2.05) is 0 Å². The summed E-state index contributed by atoms with van der Waals surface area (Å²) in [7, 11) is -5.17. The number of hydrogen-bond donors (Lipinski definition) is 2. The molecule has 0 aromatic heterocycles. The van der Waals surface area contributed by atoms with Crippen LogP contribution in [0.1, 0.15) is 219 Å². The van der Waals surface area contributed by atoms with E-state index in [4.69, 9.17) is 22.3 Å². The molecule has 0 saturated carbocycles. The van der Waals surface area contributed by atoms with Gasteiger partial charge in [-0.05, 0) is 12.8 Å². The summed E-state index contributed by atoms with van der Waals surface area (Å²) in [6, 6.07) is 0. The Morgan fingerprint density at radius 3 is 0.636 bits per heavy atom. The molecule has 0 atom stereocenters. The van der Waals surface area contributed by atoms with E-state index in [-0.39, 0.29) is 12.3 Å². The number of hydrogen-bond acceptors (Lipinski definition) is 5. The molecular weight excluding hydrogens is 572 g/mol. The first kappa shape index (κ1) is 50.6. The first-order valence-corrected chi connectivity index (χ1v) is 20.0. The van der Waals surface area contributed by atoms with Gasteiger partial charge >= 0.3 is 0 Å². The lowest BCUT2D eigenvalue weighted by molar-refractivity contribution is 0.125. The van der Waals surface area contributed by atoms with Gasteiger partial charge in [0.1, 0.15) is 0 Å². The van der Waals surface area contributed by atoms with Crippen molar-refractivity contribution in [2.75, 3.05) is 13.2 Å². The molecule has 0 unspecified atom stereocenters. The van der Waals surface area contributed by atoms with Gasteiger partial charge in [-0.1, -0.05) is 206 Å². The number of quaternary nitrogens is 2. The molecule has 0 aromatic carbocycles. The maximum atomic E-state index is 8.52. The Labute approximate surface area is 277 Å². The van der Waals surface area contributed by atoms with Gasteiger partial charge in [-0.25, -0.2) is 0 Å². The number of ether oxygens (including phenoxy) is 1. The van der Waals surface area contributed by atoms with Crippen LogP contribution in [0.15, 0.2) is 0 Å². The van der Waals surface area contributed by atoms with Crippen molar-refractivity contribution < 1.29 is 22.3 Å². The molecule has 0 spiro atoms. The Morgan fingerprint density at radius 1 is 0.341 bits per heavy atom. The quantitative estimate of drug-likeness (QED) is 0.0400. The first-order valence-electron chi connectivity index (χ1n) is 18.7. The highest BCUT2D eigenvalue weighted by atomic mass is 32.3. The SMILES string of the molecule is CCCCCCCCCCCCCCCCCCOCCCCCCCCCCCCCCCCCC.O=S(=O)([O-])[O-].[NH4+].[NH4+]. The largest absolute Gasteiger partial charge is 0.759 e. The van der Waals surface area contributed by atoms with E-state index in [0.717, 1.165) is 13.2 Å². The molecule has 0 saturated heterocycles. The lowest BCUT2D eigenvalue weighted by Crippen LogP contribution is -1.97. The van der Waals surface area contributed by atoms with E-state index in [2.05, 4.69) is 13.8 Å². The molecule has 0 aliphatic heterocycles. The second-order valence-electron chi connectivity index (χ2n) is 12.6. The van der Waals surface area contributed by atoms with Crippen molar-refractivity contribution in [3.63, 3.8) is 0 Å². The number of unbranched alkanes of at least 4 members (excludes halogenated alkanes) is 30. The van der Waals surface area contributed by atoms with Gasteiger partial charge in [-0.15, -0.1) is 0 Å². The third-order valence-electron chi connectivity index (χ3n) is 8.28. The highest BCUT2D eigenvalue weighted by Gasteiger charge is 1.97. The Bertz CT molecular complexity index is 537. The fourth-order valence-electron chi connectivity index (χ4n) is 5.61. The van der Waals surface area contributed by atoms with Crippen molar-refractivity contribution in [1.29, 1.82) is 0 Å². The van der Waals surface area contributed by atoms with E-state index in [0.29, 0.717) is 0 Å². The highest BCUT2D eigenvalue weighted by Crippen LogP contribution is 2.15. The maximum Gasteiger partial charge on any atom is 0.0466 e. The molecule has 0 aliphatic rings. The maximum absolute atomic E-state index is 8.52. The van der Waals surface area contributed by atoms with Crippen LogP contribution >= 0.6 is 0 Å². The van der Waals surface area contributed by atoms with Gasteiger partial charge in [0.15, 0.2) is 0 Å². The molecule has 0 aliphatic carbocycles. The predicted molar refractivity (Wildman–Crippen MR) is 192 cm³/mol. The van der Waals surface area contributed by atoms with Crippen LogP contribution in [0.2, 0.25) is 0 Å². The Balaban J connectivity index is -0.00000105. The van der Waals surface area contributed by atoms with E-state index >= 15 is 0 Å². The molecule has 0 radical (unpaired) electrons. The summed E-state index contributed by atoms with van der Waals surface area (Å²) in [5.41, 5.74) is 0. The van der Waals surface area contributed by atoms with Crippen LogP contribution in [-0.4, -0.2) is 30.7 Å². The average Bonchev–Trinajstić information content (AvgIpc) is 2.94. The molecule has 0 rings (SSSR count). The van der Waals surface area contributed by atoms with E-state index in [9.17, 15) is 0 Å². The van der Waals surface area contributed by atoms with Gasteiger partial charge in [0.25, 0.3) is 0 Å². The third kappa shape index (κ3) is 60.9. The molecule has 8 N–H and O–H groups in total. The van der Waals surface area contributed by atoms with Crippen molar-refractivity contribution in [2.45, 2.75) is 219 Å². The standard InChI is InChI=1S/C36H74O.2H3N.H2O4S/c1-3-5-7-9-11-13-15-17-19-21-23-25-27-29-31-33-35-37-36-34-32-30-28-26-24-22-20-18-16-14-12-10-8-6-4-2;;;1-5(2,3)4/h3-36H2,1-2H3;2*1H3;(H2,1,2,3,4). The summed E-state index contributed by atoms with van der Waals surface area (Å²) in [4.78, 5) is 0. The van der Waals surface area contributed by atoms with Crippen molar-refractivity contribution in [3.8, 4) is 0 Å². The third-order valence-corrected chi connectivity index (χ3v) is 8.28. The van der Waals surface area contributed by atoms with E-state index in [1.165, 1.54) is 205 Å². The fraction of sp³-hybridized carbons (Fsp3) is 1.00. The van der Waals surface area contributed by atoms with E-state index in [1.54, 1.807) is 0 Å². The van der Waals surface area contributed by atoms with Crippen LogP contribution < -0.4 is 12.3 Å². The monoisotopic (exact) mass is 655 g/mol. The Hall–Kier alpha value is -0.250. The molecule has 8 heteroatoms. The van der Waals surface area contributed by atoms with Crippen LogP contribution in [0, 0.1) is 0 Å². The summed E-state index contributed by atoms with van der Waals surface area (Å²) in [5.74, 6) is 0. The molecule has 7 nitrogen and oxygen atoms in total. The molecule has 0 fully saturated rings. The van der Waals surface area contributed by atoms with Gasteiger partial charge in [-0.2, -0.15) is 0 Å². The van der Waals surface area contributed by atoms with Gasteiger partial charge in [-0.3, -0.25) is 8.42 Å². The zero-order chi connectivity index (χ0) is 31.2. The van der Waals surface area contributed by atoms with Crippen molar-refractivity contribution in [1.82, 2.24) is 12.3 Å². The molecule has 272 valence electrons. The van der Waals surface area contributed by atoms with Crippen LogP contribution in [-0.2, 0) is 15.1 Å².